The highest BCUT2D eigenvalue weighted by Gasteiger charge is 2.25. The quantitative estimate of drug-likeness (QED) is 0.613. The normalized spacial score (nSPS) is 13.6. The lowest BCUT2D eigenvalue weighted by Crippen LogP contribution is -2.33. The minimum atomic E-state index is -1.27. The topological polar surface area (TPSA) is 129 Å². The molecule has 132 valence electrons. The summed E-state index contributed by atoms with van der Waals surface area (Å²) in [5, 5.41) is 21.4. The van der Waals surface area contributed by atoms with Gasteiger partial charge in [0, 0.05) is 5.39 Å². The third-order valence-electron chi connectivity index (χ3n) is 3.85. The van der Waals surface area contributed by atoms with Crippen molar-refractivity contribution in [3.05, 3.63) is 33.1 Å². The highest BCUT2D eigenvalue weighted by molar-refractivity contribution is 6.33. The standard InChI is InChI=1S/C16H15ClN2O6/c17-9-4-3-8-12(14(9)25-6-7-1-2-7)19-16(24)11(13(8)22)15(23)18-5-10(20)21/h3-4,7H,1-2,5-6H2,(H,18,23)(H,20,21)(H2,19,22,24). The SMILES string of the molecule is O=C(O)CNC(=O)c1c(O)c2ccc(Cl)c(OCC3CC3)c2[nH]c1=O. The number of nitrogens with one attached hydrogen (secondary N) is 2. The van der Waals surface area contributed by atoms with E-state index >= 15 is 0 Å². The molecular formula is C16H15ClN2O6. The number of carboxylic acids is 1. The number of hydrogen-bond donors (Lipinski definition) is 4. The van der Waals surface area contributed by atoms with Gasteiger partial charge in [-0.1, -0.05) is 11.6 Å². The first kappa shape index (κ1) is 17.1. The summed E-state index contributed by atoms with van der Waals surface area (Å²) in [6, 6.07) is 2.93. The van der Waals surface area contributed by atoms with E-state index in [-0.39, 0.29) is 21.7 Å². The van der Waals surface area contributed by atoms with E-state index in [0.29, 0.717) is 12.5 Å². The summed E-state index contributed by atoms with van der Waals surface area (Å²) in [7, 11) is 0. The molecule has 0 atom stereocenters. The van der Waals surface area contributed by atoms with Crippen molar-refractivity contribution in [3.8, 4) is 11.5 Å². The fourth-order valence-corrected chi connectivity index (χ4v) is 2.59. The predicted molar refractivity (Wildman–Crippen MR) is 89.4 cm³/mol. The molecule has 0 aliphatic heterocycles. The van der Waals surface area contributed by atoms with Crippen molar-refractivity contribution < 1.29 is 24.5 Å². The molecule has 0 bridgehead atoms. The van der Waals surface area contributed by atoms with Crippen LogP contribution in [0.4, 0.5) is 0 Å². The van der Waals surface area contributed by atoms with Crippen molar-refractivity contribution in [2.24, 2.45) is 5.92 Å². The number of amides is 1. The third-order valence-corrected chi connectivity index (χ3v) is 4.15. The first-order chi connectivity index (χ1) is 11.9. The summed E-state index contributed by atoms with van der Waals surface area (Å²) >= 11 is 6.13. The summed E-state index contributed by atoms with van der Waals surface area (Å²) in [4.78, 5) is 37.3. The number of rotatable bonds is 6. The number of carbonyl (C=O) groups is 2. The number of aliphatic carboxylic acids is 1. The van der Waals surface area contributed by atoms with Crippen molar-refractivity contribution in [2.45, 2.75) is 12.8 Å². The maximum absolute atomic E-state index is 12.2. The fourth-order valence-electron chi connectivity index (χ4n) is 2.38. The lowest BCUT2D eigenvalue weighted by atomic mass is 10.1. The van der Waals surface area contributed by atoms with Crippen LogP contribution in [0, 0.1) is 5.92 Å². The molecule has 1 aliphatic rings. The van der Waals surface area contributed by atoms with E-state index in [1.54, 1.807) is 0 Å². The number of pyridine rings is 1. The Morgan fingerprint density at radius 2 is 2.08 bits per heavy atom. The molecule has 1 aromatic carbocycles. The molecule has 0 unspecified atom stereocenters. The van der Waals surface area contributed by atoms with E-state index in [4.69, 9.17) is 21.4 Å². The molecular weight excluding hydrogens is 352 g/mol. The molecule has 0 saturated heterocycles. The van der Waals surface area contributed by atoms with E-state index < -0.39 is 35.3 Å². The molecule has 1 aromatic heterocycles. The minimum absolute atomic E-state index is 0.176. The second-order valence-corrected chi connectivity index (χ2v) is 6.21. The van der Waals surface area contributed by atoms with E-state index in [1.807, 2.05) is 5.32 Å². The van der Waals surface area contributed by atoms with Gasteiger partial charge in [0.15, 0.2) is 5.75 Å². The molecule has 9 heteroatoms. The number of carbonyl (C=O) groups excluding carboxylic acids is 1. The van der Waals surface area contributed by atoms with Crippen LogP contribution in [0.25, 0.3) is 10.9 Å². The summed E-state index contributed by atoms with van der Waals surface area (Å²) in [6.45, 7) is -0.228. The van der Waals surface area contributed by atoms with E-state index in [1.165, 1.54) is 12.1 Å². The number of carboxylic acid groups (broad SMARTS) is 1. The lowest BCUT2D eigenvalue weighted by molar-refractivity contribution is -0.135. The summed E-state index contributed by atoms with van der Waals surface area (Å²) < 4.78 is 5.67. The number of fused-ring (bicyclic) bond motifs is 1. The van der Waals surface area contributed by atoms with Crippen molar-refractivity contribution >= 4 is 34.4 Å². The Hall–Kier alpha value is -2.74. The van der Waals surface area contributed by atoms with Crippen LogP contribution in [0.3, 0.4) is 0 Å². The van der Waals surface area contributed by atoms with Gasteiger partial charge in [-0.25, -0.2) is 0 Å². The van der Waals surface area contributed by atoms with E-state index in [0.717, 1.165) is 12.8 Å². The average molecular weight is 367 g/mol. The molecule has 1 aliphatic carbocycles. The zero-order valence-electron chi connectivity index (χ0n) is 13.0. The Labute approximate surface area is 146 Å². The van der Waals surface area contributed by atoms with Crippen LogP contribution in [0.5, 0.6) is 11.5 Å². The Balaban J connectivity index is 2.04. The molecule has 1 amide bonds. The van der Waals surface area contributed by atoms with Crippen LogP contribution in [-0.2, 0) is 4.79 Å². The summed E-state index contributed by atoms with van der Waals surface area (Å²) in [5.74, 6) is -2.13. The molecule has 25 heavy (non-hydrogen) atoms. The molecule has 3 rings (SSSR count). The molecule has 1 saturated carbocycles. The van der Waals surface area contributed by atoms with Gasteiger partial charge in [-0.15, -0.1) is 0 Å². The maximum atomic E-state index is 12.2. The Kier molecular flexibility index (Phi) is 4.54. The Morgan fingerprint density at radius 1 is 1.36 bits per heavy atom. The molecule has 0 radical (unpaired) electrons. The van der Waals surface area contributed by atoms with Crippen LogP contribution < -0.4 is 15.6 Å². The smallest absolute Gasteiger partial charge is 0.322 e. The van der Waals surface area contributed by atoms with Gasteiger partial charge in [-0.05, 0) is 30.9 Å². The van der Waals surface area contributed by atoms with Crippen LogP contribution in [-0.4, -0.2) is 40.2 Å². The van der Waals surface area contributed by atoms with Crippen LogP contribution in [0.2, 0.25) is 5.02 Å². The molecule has 8 nitrogen and oxygen atoms in total. The Morgan fingerprint density at radius 3 is 2.72 bits per heavy atom. The van der Waals surface area contributed by atoms with Crippen molar-refractivity contribution in [1.29, 1.82) is 0 Å². The van der Waals surface area contributed by atoms with Gasteiger partial charge in [-0.2, -0.15) is 0 Å². The van der Waals surface area contributed by atoms with Crippen LogP contribution in [0.15, 0.2) is 16.9 Å². The van der Waals surface area contributed by atoms with Gasteiger partial charge >= 0.3 is 5.97 Å². The number of aromatic hydroxyl groups is 1. The number of benzene rings is 1. The number of hydrogen-bond acceptors (Lipinski definition) is 5. The summed E-state index contributed by atoms with van der Waals surface area (Å²) in [5.41, 5.74) is -1.25. The van der Waals surface area contributed by atoms with Gasteiger partial charge in [0.1, 0.15) is 17.9 Å². The number of aromatic amines is 1. The molecule has 4 N–H and O–H groups in total. The molecule has 1 heterocycles. The number of halogens is 1. The largest absolute Gasteiger partial charge is 0.506 e. The second kappa shape index (κ2) is 6.64. The van der Waals surface area contributed by atoms with Crippen molar-refractivity contribution in [3.63, 3.8) is 0 Å². The van der Waals surface area contributed by atoms with Gasteiger partial charge in [0.05, 0.1) is 17.1 Å². The van der Waals surface area contributed by atoms with Gasteiger partial charge < -0.3 is 25.3 Å². The highest BCUT2D eigenvalue weighted by Crippen LogP contribution is 2.38. The number of aromatic nitrogens is 1. The van der Waals surface area contributed by atoms with Gasteiger partial charge in [0.2, 0.25) is 0 Å². The van der Waals surface area contributed by atoms with Crippen molar-refractivity contribution in [2.75, 3.05) is 13.2 Å². The zero-order valence-corrected chi connectivity index (χ0v) is 13.7. The van der Waals surface area contributed by atoms with E-state index in [2.05, 4.69) is 4.98 Å². The fraction of sp³-hybridized carbons (Fsp3) is 0.312. The highest BCUT2D eigenvalue weighted by atomic mass is 35.5. The number of ether oxygens (including phenoxy) is 1. The molecule has 2 aromatic rings. The van der Waals surface area contributed by atoms with Gasteiger partial charge in [0.25, 0.3) is 11.5 Å². The van der Waals surface area contributed by atoms with Crippen molar-refractivity contribution in [1.82, 2.24) is 10.3 Å². The van der Waals surface area contributed by atoms with Crippen LogP contribution >= 0.6 is 11.6 Å². The predicted octanol–water partition coefficient (Wildman–Crippen LogP) is 1.49. The lowest BCUT2D eigenvalue weighted by Gasteiger charge is -2.13. The maximum Gasteiger partial charge on any atom is 0.322 e. The first-order valence-corrected chi connectivity index (χ1v) is 7.96. The second-order valence-electron chi connectivity index (χ2n) is 5.81. The van der Waals surface area contributed by atoms with Crippen LogP contribution in [0.1, 0.15) is 23.2 Å². The minimum Gasteiger partial charge on any atom is -0.506 e. The molecule has 1 fully saturated rings. The first-order valence-electron chi connectivity index (χ1n) is 7.58. The zero-order chi connectivity index (χ0) is 18.1. The van der Waals surface area contributed by atoms with E-state index in [9.17, 15) is 19.5 Å². The monoisotopic (exact) mass is 366 g/mol. The molecule has 0 spiro atoms. The average Bonchev–Trinajstić information content (AvgIpc) is 3.36. The Bertz CT molecular complexity index is 919. The third kappa shape index (κ3) is 3.53. The summed E-state index contributed by atoms with van der Waals surface area (Å²) in [6.07, 6.45) is 2.14. The number of H-pyrrole nitrogens is 1. The van der Waals surface area contributed by atoms with Gasteiger partial charge in [-0.3, -0.25) is 14.4 Å².